The minimum atomic E-state index is 0.805. The molecule has 4 heteroatoms. The molecule has 96 valence electrons. The van der Waals surface area contributed by atoms with Crippen molar-refractivity contribution in [2.45, 2.75) is 19.9 Å². The molecule has 0 unspecified atom stereocenters. The summed E-state index contributed by atoms with van der Waals surface area (Å²) in [6.45, 7) is 3.78. The molecule has 0 aliphatic heterocycles. The highest BCUT2D eigenvalue weighted by Gasteiger charge is 2.00. The van der Waals surface area contributed by atoms with Gasteiger partial charge in [0.2, 0.25) is 0 Å². The molecule has 1 aromatic carbocycles. The molecule has 0 radical (unpaired) electrons. The first-order valence-electron chi connectivity index (χ1n) is 6.08. The average Bonchev–Trinajstić information content (AvgIpc) is 2.73. The lowest BCUT2D eigenvalue weighted by molar-refractivity contribution is 0.686. The van der Waals surface area contributed by atoms with Crippen molar-refractivity contribution < 1.29 is 0 Å². The number of aromatic nitrogens is 2. The van der Waals surface area contributed by atoms with Crippen molar-refractivity contribution in [3.8, 4) is 0 Å². The van der Waals surface area contributed by atoms with Crippen molar-refractivity contribution in [3.05, 3.63) is 52.3 Å². The van der Waals surface area contributed by atoms with E-state index in [0.29, 0.717) is 0 Å². The van der Waals surface area contributed by atoms with Gasteiger partial charge in [0, 0.05) is 24.8 Å². The second-order valence-electron chi connectivity index (χ2n) is 4.54. The second kappa shape index (κ2) is 6.03. The number of nitrogens with zero attached hydrogens (tertiary/aromatic N) is 2. The Morgan fingerprint density at radius 1 is 1.39 bits per heavy atom. The molecule has 1 heterocycles. The smallest absolute Gasteiger partial charge is 0.0522 e. The standard InChI is InChI=1S/C14H18ClN3/c1-11-3-4-13(14(15)7-11)9-16-6-5-12-8-17-18(2)10-12/h3-4,7-8,10,16H,5-6,9H2,1-2H3. The molecule has 0 aliphatic carbocycles. The topological polar surface area (TPSA) is 29.9 Å². The average molecular weight is 264 g/mol. The number of rotatable bonds is 5. The van der Waals surface area contributed by atoms with Crippen LogP contribution in [0.3, 0.4) is 0 Å². The lowest BCUT2D eigenvalue weighted by Gasteiger charge is -2.06. The van der Waals surface area contributed by atoms with E-state index in [1.165, 1.54) is 11.1 Å². The van der Waals surface area contributed by atoms with Gasteiger partial charge in [-0.1, -0.05) is 23.7 Å². The second-order valence-corrected chi connectivity index (χ2v) is 4.95. The molecule has 18 heavy (non-hydrogen) atoms. The molecule has 0 saturated heterocycles. The van der Waals surface area contributed by atoms with Crippen LogP contribution in [0.25, 0.3) is 0 Å². The van der Waals surface area contributed by atoms with E-state index in [2.05, 4.69) is 22.5 Å². The zero-order valence-electron chi connectivity index (χ0n) is 10.8. The van der Waals surface area contributed by atoms with Gasteiger partial charge in [0.15, 0.2) is 0 Å². The maximum Gasteiger partial charge on any atom is 0.0522 e. The van der Waals surface area contributed by atoms with Gasteiger partial charge >= 0.3 is 0 Å². The molecule has 0 amide bonds. The van der Waals surface area contributed by atoms with Crippen LogP contribution in [0.4, 0.5) is 0 Å². The molecule has 2 aromatic rings. The SMILES string of the molecule is Cc1ccc(CNCCc2cnn(C)c2)c(Cl)c1. The molecule has 0 atom stereocenters. The molecular weight excluding hydrogens is 246 g/mol. The minimum absolute atomic E-state index is 0.805. The first-order chi connectivity index (χ1) is 8.65. The largest absolute Gasteiger partial charge is 0.312 e. The van der Waals surface area contributed by atoms with Crippen LogP contribution in [0, 0.1) is 6.92 Å². The van der Waals surface area contributed by atoms with E-state index >= 15 is 0 Å². The first-order valence-corrected chi connectivity index (χ1v) is 6.46. The quantitative estimate of drug-likeness (QED) is 0.841. The van der Waals surface area contributed by atoms with Gasteiger partial charge in [-0.3, -0.25) is 4.68 Å². The predicted molar refractivity (Wildman–Crippen MR) is 74.8 cm³/mol. The van der Waals surface area contributed by atoms with Gasteiger partial charge in [0.25, 0.3) is 0 Å². The Balaban J connectivity index is 1.78. The van der Waals surface area contributed by atoms with Crippen LogP contribution in [0.15, 0.2) is 30.6 Å². The number of aryl methyl sites for hydroxylation is 2. The summed E-state index contributed by atoms with van der Waals surface area (Å²) in [7, 11) is 1.93. The molecule has 0 saturated carbocycles. The van der Waals surface area contributed by atoms with Crippen LogP contribution in [0.2, 0.25) is 5.02 Å². The lowest BCUT2D eigenvalue weighted by Crippen LogP contribution is -2.16. The summed E-state index contributed by atoms with van der Waals surface area (Å²) in [6.07, 6.45) is 4.93. The predicted octanol–water partition coefficient (Wildman–Crippen LogP) is 2.71. The zero-order chi connectivity index (χ0) is 13.0. The fraction of sp³-hybridized carbons (Fsp3) is 0.357. The maximum absolute atomic E-state index is 6.18. The molecule has 0 spiro atoms. The summed E-state index contributed by atoms with van der Waals surface area (Å²) in [6, 6.07) is 6.17. The number of hydrogen-bond acceptors (Lipinski definition) is 2. The number of benzene rings is 1. The molecule has 1 N–H and O–H groups in total. The third-order valence-corrected chi connectivity index (χ3v) is 3.22. The van der Waals surface area contributed by atoms with E-state index < -0.39 is 0 Å². The minimum Gasteiger partial charge on any atom is -0.312 e. The Kier molecular flexibility index (Phi) is 4.39. The summed E-state index contributed by atoms with van der Waals surface area (Å²) in [5, 5.41) is 8.38. The van der Waals surface area contributed by atoms with Crippen LogP contribution < -0.4 is 5.32 Å². The van der Waals surface area contributed by atoms with E-state index in [1.54, 1.807) is 0 Å². The summed E-state index contributed by atoms with van der Waals surface area (Å²) >= 11 is 6.18. The van der Waals surface area contributed by atoms with E-state index in [9.17, 15) is 0 Å². The van der Waals surface area contributed by atoms with Gasteiger partial charge in [0.05, 0.1) is 6.20 Å². The van der Waals surface area contributed by atoms with Crippen molar-refractivity contribution in [2.24, 2.45) is 7.05 Å². The van der Waals surface area contributed by atoms with Crippen molar-refractivity contribution >= 4 is 11.6 Å². The molecule has 0 bridgehead atoms. The van der Waals surface area contributed by atoms with Gasteiger partial charge in [-0.15, -0.1) is 0 Å². The first kappa shape index (κ1) is 13.1. The van der Waals surface area contributed by atoms with Crippen LogP contribution in [-0.2, 0) is 20.0 Å². The molecular formula is C14H18ClN3. The summed E-state index contributed by atoms with van der Waals surface area (Å²) in [5.74, 6) is 0. The number of nitrogens with one attached hydrogen (secondary N) is 1. The van der Waals surface area contributed by atoms with Crippen LogP contribution in [0.1, 0.15) is 16.7 Å². The van der Waals surface area contributed by atoms with Crippen molar-refractivity contribution in [2.75, 3.05) is 6.54 Å². The molecule has 0 fully saturated rings. The number of hydrogen-bond donors (Lipinski definition) is 1. The van der Waals surface area contributed by atoms with Gasteiger partial charge in [-0.05, 0) is 42.6 Å². The summed E-state index contributed by atoms with van der Waals surface area (Å²) < 4.78 is 1.83. The lowest BCUT2D eigenvalue weighted by atomic mass is 10.1. The highest BCUT2D eigenvalue weighted by Crippen LogP contribution is 2.17. The Hall–Kier alpha value is -1.32. The van der Waals surface area contributed by atoms with Crippen LogP contribution in [0.5, 0.6) is 0 Å². The molecule has 2 rings (SSSR count). The van der Waals surface area contributed by atoms with Gasteiger partial charge in [-0.2, -0.15) is 5.10 Å². The summed E-state index contributed by atoms with van der Waals surface area (Å²) in [4.78, 5) is 0. The van der Waals surface area contributed by atoms with Crippen LogP contribution in [-0.4, -0.2) is 16.3 Å². The fourth-order valence-corrected chi connectivity index (χ4v) is 2.15. The van der Waals surface area contributed by atoms with E-state index in [-0.39, 0.29) is 0 Å². The van der Waals surface area contributed by atoms with Gasteiger partial charge in [0.1, 0.15) is 0 Å². The van der Waals surface area contributed by atoms with Crippen molar-refractivity contribution in [3.63, 3.8) is 0 Å². The zero-order valence-corrected chi connectivity index (χ0v) is 11.5. The van der Waals surface area contributed by atoms with Crippen molar-refractivity contribution in [1.29, 1.82) is 0 Å². The Morgan fingerprint density at radius 3 is 2.89 bits per heavy atom. The van der Waals surface area contributed by atoms with Crippen LogP contribution >= 0.6 is 11.6 Å². The van der Waals surface area contributed by atoms with Gasteiger partial charge in [-0.25, -0.2) is 0 Å². The highest BCUT2D eigenvalue weighted by atomic mass is 35.5. The summed E-state index contributed by atoms with van der Waals surface area (Å²) in [5.41, 5.74) is 3.59. The highest BCUT2D eigenvalue weighted by molar-refractivity contribution is 6.31. The fourth-order valence-electron chi connectivity index (χ4n) is 1.85. The third-order valence-electron chi connectivity index (χ3n) is 2.87. The normalized spacial score (nSPS) is 10.8. The van der Waals surface area contributed by atoms with E-state index in [1.807, 2.05) is 37.1 Å². The number of halogens is 1. The Morgan fingerprint density at radius 2 is 2.22 bits per heavy atom. The monoisotopic (exact) mass is 263 g/mol. The Bertz CT molecular complexity index is 520. The third kappa shape index (κ3) is 3.59. The molecule has 3 nitrogen and oxygen atoms in total. The van der Waals surface area contributed by atoms with E-state index in [4.69, 9.17) is 11.6 Å². The van der Waals surface area contributed by atoms with E-state index in [0.717, 1.165) is 30.1 Å². The van der Waals surface area contributed by atoms with Crippen molar-refractivity contribution in [1.82, 2.24) is 15.1 Å². The molecule has 0 aliphatic rings. The Labute approximate surface area is 113 Å². The van der Waals surface area contributed by atoms with Gasteiger partial charge < -0.3 is 5.32 Å². The molecule has 1 aromatic heterocycles. The maximum atomic E-state index is 6.18.